The van der Waals surface area contributed by atoms with Gasteiger partial charge in [-0.15, -0.1) is 0 Å². The first-order valence-electron chi connectivity index (χ1n) is 12.1. The molecule has 7 heteroatoms. The minimum Gasteiger partial charge on any atom is -0.356 e. The number of para-hydroxylation sites is 1. The van der Waals surface area contributed by atoms with E-state index < -0.39 is 5.54 Å². The van der Waals surface area contributed by atoms with Gasteiger partial charge in [-0.3, -0.25) is 9.59 Å². The molecule has 2 aliphatic rings. The van der Waals surface area contributed by atoms with Crippen molar-refractivity contribution in [2.75, 3.05) is 19.6 Å². The summed E-state index contributed by atoms with van der Waals surface area (Å²) < 4.78 is 14.3. The number of hydrogen-bond donors (Lipinski definition) is 1. The number of amides is 2. The lowest BCUT2D eigenvalue weighted by atomic mass is 9.76. The van der Waals surface area contributed by atoms with E-state index in [1.807, 2.05) is 37.3 Å². The molecule has 1 fully saturated rings. The standard InChI is InChI=1S/C29H25BrFN3O2/c1-29-27-26(22-4-2-3-5-24(22)32-27)23(19-8-10-20(30)11-9-19)16-34(29)25(35)17-33(28(29)36)15-14-18-6-12-21(31)13-7-18/h2-13,23,32H,14-17H2,1H3/t23-,29+/m1/s1. The van der Waals surface area contributed by atoms with Gasteiger partial charge in [0, 0.05) is 34.4 Å². The highest BCUT2D eigenvalue weighted by Crippen LogP contribution is 2.48. The van der Waals surface area contributed by atoms with Crippen LogP contribution < -0.4 is 0 Å². The summed E-state index contributed by atoms with van der Waals surface area (Å²) in [4.78, 5) is 34.6. The van der Waals surface area contributed by atoms with Crippen LogP contribution in [-0.4, -0.2) is 46.2 Å². The number of carbonyl (C=O) groups is 2. The van der Waals surface area contributed by atoms with Crippen LogP contribution in [0, 0.1) is 5.82 Å². The number of aromatic nitrogens is 1. The Hall–Kier alpha value is -3.45. The SMILES string of the molecule is C[C@]12C(=O)N(CCc3ccc(F)cc3)CC(=O)N1C[C@H](c1ccc(Br)cc1)c1c2[nH]c2ccccc12. The monoisotopic (exact) mass is 545 g/mol. The van der Waals surface area contributed by atoms with Gasteiger partial charge in [0.25, 0.3) is 5.91 Å². The van der Waals surface area contributed by atoms with Gasteiger partial charge in [0.05, 0.1) is 12.2 Å². The van der Waals surface area contributed by atoms with E-state index in [0.717, 1.165) is 37.8 Å². The summed E-state index contributed by atoms with van der Waals surface area (Å²) in [5.74, 6) is -0.506. The van der Waals surface area contributed by atoms with Crippen molar-refractivity contribution in [1.29, 1.82) is 0 Å². The Labute approximate surface area is 217 Å². The summed E-state index contributed by atoms with van der Waals surface area (Å²) in [6.45, 7) is 2.73. The van der Waals surface area contributed by atoms with Crippen molar-refractivity contribution < 1.29 is 14.0 Å². The van der Waals surface area contributed by atoms with Crippen LogP contribution >= 0.6 is 15.9 Å². The molecule has 1 N–H and O–H groups in total. The number of rotatable bonds is 4. The summed E-state index contributed by atoms with van der Waals surface area (Å²) in [5, 5.41) is 1.07. The third-order valence-electron chi connectivity index (χ3n) is 7.67. The fourth-order valence-electron chi connectivity index (χ4n) is 5.77. The van der Waals surface area contributed by atoms with Gasteiger partial charge in [-0.25, -0.2) is 4.39 Å². The third-order valence-corrected chi connectivity index (χ3v) is 8.20. The fourth-order valence-corrected chi connectivity index (χ4v) is 6.03. The van der Waals surface area contributed by atoms with E-state index in [9.17, 15) is 14.0 Å². The van der Waals surface area contributed by atoms with E-state index >= 15 is 0 Å². The second-order valence-electron chi connectivity index (χ2n) is 9.74. The van der Waals surface area contributed by atoms with Crippen LogP contribution in [0.5, 0.6) is 0 Å². The van der Waals surface area contributed by atoms with E-state index in [-0.39, 0.29) is 30.1 Å². The summed E-state index contributed by atoms with van der Waals surface area (Å²) in [6.07, 6.45) is 0.552. The molecule has 2 atom stereocenters. The van der Waals surface area contributed by atoms with E-state index in [1.165, 1.54) is 12.1 Å². The van der Waals surface area contributed by atoms with E-state index in [0.29, 0.717) is 19.5 Å². The number of hydrogen-bond acceptors (Lipinski definition) is 2. The lowest BCUT2D eigenvalue weighted by Gasteiger charge is -2.51. The highest BCUT2D eigenvalue weighted by atomic mass is 79.9. The van der Waals surface area contributed by atoms with Crippen LogP contribution in [0.25, 0.3) is 10.9 Å². The normalized spacial score (nSPS) is 21.6. The van der Waals surface area contributed by atoms with Crippen LogP contribution in [-0.2, 0) is 21.5 Å². The number of benzene rings is 3. The van der Waals surface area contributed by atoms with Gasteiger partial charge in [0.1, 0.15) is 5.82 Å². The Morgan fingerprint density at radius 2 is 1.75 bits per heavy atom. The maximum atomic E-state index is 14.1. The van der Waals surface area contributed by atoms with Gasteiger partial charge in [0.2, 0.25) is 5.91 Å². The highest BCUT2D eigenvalue weighted by molar-refractivity contribution is 9.10. The van der Waals surface area contributed by atoms with Crippen molar-refractivity contribution in [2.24, 2.45) is 0 Å². The predicted molar refractivity (Wildman–Crippen MR) is 140 cm³/mol. The van der Waals surface area contributed by atoms with Crippen LogP contribution in [0.3, 0.4) is 0 Å². The smallest absolute Gasteiger partial charge is 0.254 e. The van der Waals surface area contributed by atoms with E-state index in [4.69, 9.17) is 0 Å². The van der Waals surface area contributed by atoms with Crippen molar-refractivity contribution in [2.45, 2.75) is 24.8 Å². The van der Waals surface area contributed by atoms with Crippen molar-refractivity contribution in [3.63, 3.8) is 0 Å². The lowest BCUT2D eigenvalue weighted by molar-refractivity contribution is -0.166. The molecule has 36 heavy (non-hydrogen) atoms. The first-order valence-corrected chi connectivity index (χ1v) is 12.9. The highest BCUT2D eigenvalue weighted by Gasteiger charge is 2.56. The van der Waals surface area contributed by atoms with Crippen LogP contribution in [0.15, 0.2) is 77.3 Å². The van der Waals surface area contributed by atoms with Gasteiger partial charge in [-0.1, -0.05) is 58.4 Å². The minimum absolute atomic E-state index is 0.0399. The van der Waals surface area contributed by atoms with Gasteiger partial charge < -0.3 is 14.8 Å². The Balaban J connectivity index is 1.43. The second kappa shape index (κ2) is 8.59. The molecule has 0 unspecified atom stereocenters. The average Bonchev–Trinajstić information content (AvgIpc) is 3.28. The maximum Gasteiger partial charge on any atom is 0.254 e. The van der Waals surface area contributed by atoms with E-state index in [1.54, 1.807) is 21.9 Å². The molecule has 182 valence electrons. The van der Waals surface area contributed by atoms with Crippen molar-refractivity contribution >= 4 is 38.6 Å². The molecule has 1 saturated heterocycles. The molecular weight excluding hydrogens is 521 g/mol. The summed E-state index contributed by atoms with van der Waals surface area (Å²) in [7, 11) is 0. The Kier molecular flexibility index (Phi) is 5.48. The number of nitrogens with zero attached hydrogens (tertiary/aromatic N) is 2. The minimum atomic E-state index is -1.13. The molecule has 5 nitrogen and oxygen atoms in total. The quantitative estimate of drug-likeness (QED) is 0.376. The zero-order valence-electron chi connectivity index (χ0n) is 19.8. The molecule has 0 aliphatic carbocycles. The zero-order valence-corrected chi connectivity index (χ0v) is 21.4. The lowest BCUT2D eigenvalue weighted by Crippen LogP contribution is -2.67. The molecule has 1 aromatic heterocycles. The van der Waals surface area contributed by atoms with Crippen molar-refractivity contribution in [3.8, 4) is 0 Å². The summed E-state index contributed by atoms with van der Waals surface area (Å²) in [5.41, 5.74) is 3.72. The number of nitrogens with one attached hydrogen (secondary N) is 1. The topological polar surface area (TPSA) is 56.4 Å². The summed E-state index contributed by atoms with van der Waals surface area (Å²) in [6, 6.07) is 22.5. The molecule has 6 rings (SSSR count). The molecule has 2 aliphatic heterocycles. The van der Waals surface area contributed by atoms with Gasteiger partial charge >= 0.3 is 0 Å². The molecule has 0 saturated carbocycles. The number of fused-ring (bicyclic) bond motifs is 5. The molecule has 0 bridgehead atoms. The summed E-state index contributed by atoms with van der Waals surface area (Å²) >= 11 is 3.52. The molecule has 2 amide bonds. The van der Waals surface area contributed by atoms with Crippen LogP contribution in [0.2, 0.25) is 0 Å². The third kappa shape index (κ3) is 3.56. The second-order valence-corrected chi connectivity index (χ2v) is 10.7. The molecule has 3 heterocycles. The Morgan fingerprint density at radius 3 is 2.50 bits per heavy atom. The number of aromatic amines is 1. The Morgan fingerprint density at radius 1 is 1.03 bits per heavy atom. The van der Waals surface area contributed by atoms with Gasteiger partial charge in [-0.2, -0.15) is 0 Å². The van der Waals surface area contributed by atoms with Crippen LogP contribution in [0.1, 0.15) is 35.2 Å². The molecule has 4 aromatic rings. The molecule has 0 radical (unpaired) electrons. The zero-order chi connectivity index (χ0) is 25.0. The number of piperazine rings is 1. The predicted octanol–water partition coefficient (Wildman–Crippen LogP) is 5.34. The van der Waals surface area contributed by atoms with Crippen molar-refractivity contribution in [1.82, 2.24) is 14.8 Å². The maximum absolute atomic E-state index is 14.1. The fraction of sp³-hybridized carbons (Fsp3) is 0.241. The van der Waals surface area contributed by atoms with Gasteiger partial charge in [-0.05, 0) is 60.4 Å². The first kappa shape index (κ1) is 23.0. The average molecular weight is 546 g/mol. The van der Waals surface area contributed by atoms with Gasteiger partial charge in [0.15, 0.2) is 5.54 Å². The van der Waals surface area contributed by atoms with Crippen molar-refractivity contribution in [3.05, 3.63) is 105 Å². The number of halogens is 2. The number of H-pyrrole nitrogens is 1. The van der Waals surface area contributed by atoms with E-state index in [2.05, 4.69) is 39.1 Å². The largest absolute Gasteiger partial charge is 0.356 e. The molecule has 0 spiro atoms. The van der Waals surface area contributed by atoms with Crippen LogP contribution in [0.4, 0.5) is 4.39 Å². The number of carbonyl (C=O) groups excluding carboxylic acids is 2. The molecular formula is C29H25BrFN3O2. The Bertz CT molecular complexity index is 1480. The molecule has 3 aromatic carbocycles. The first-order chi connectivity index (χ1) is 17.4.